The average Bonchev–Trinajstić information content (AvgIpc) is 2.79. The maximum atomic E-state index is 12.7. The molecule has 3 N–H and O–H groups in total. The standard InChI is InChI=1S/C22H26N4O5/c1-23-21(28)19-13-16(12-17(25-19)11-15-5-3-2-4-6-15)20(27)24-8-7-18-14-26(22(29)30)9-10-31-18/h2-6,12-13,18H,7-11,14H2,1H3,(H,23,28)(H,24,27)(H,29,30). The predicted molar refractivity (Wildman–Crippen MR) is 113 cm³/mol. The second-order valence-corrected chi connectivity index (χ2v) is 7.24. The molecule has 2 heterocycles. The molecule has 3 amide bonds. The van der Waals surface area contributed by atoms with E-state index >= 15 is 0 Å². The summed E-state index contributed by atoms with van der Waals surface area (Å²) in [7, 11) is 1.51. The van der Waals surface area contributed by atoms with E-state index in [9.17, 15) is 14.4 Å². The number of nitrogens with zero attached hydrogens (tertiary/aromatic N) is 2. The largest absolute Gasteiger partial charge is 0.465 e. The third-order valence-corrected chi connectivity index (χ3v) is 4.99. The van der Waals surface area contributed by atoms with Gasteiger partial charge in [0.25, 0.3) is 11.8 Å². The van der Waals surface area contributed by atoms with E-state index in [1.165, 1.54) is 18.0 Å². The number of hydrogen-bond donors (Lipinski definition) is 3. The third kappa shape index (κ3) is 6.26. The lowest BCUT2D eigenvalue weighted by Gasteiger charge is -2.31. The van der Waals surface area contributed by atoms with E-state index in [0.717, 1.165) is 5.56 Å². The van der Waals surface area contributed by atoms with Crippen molar-refractivity contribution in [3.8, 4) is 0 Å². The summed E-state index contributed by atoms with van der Waals surface area (Å²) in [6.07, 6.45) is -0.258. The van der Waals surface area contributed by atoms with Crippen LogP contribution >= 0.6 is 0 Å². The van der Waals surface area contributed by atoms with Gasteiger partial charge in [-0.05, 0) is 24.1 Å². The highest BCUT2D eigenvalue weighted by Gasteiger charge is 2.23. The first-order valence-electron chi connectivity index (χ1n) is 10.1. The molecule has 0 saturated carbocycles. The number of carboxylic acid groups (broad SMARTS) is 1. The number of benzene rings is 1. The van der Waals surface area contributed by atoms with Crippen molar-refractivity contribution in [2.45, 2.75) is 18.9 Å². The van der Waals surface area contributed by atoms with Crippen LogP contribution < -0.4 is 10.6 Å². The number of pyridine rings is 1. The minimum absolute atomic E-state index is 0.175. The van der Waals surface area contributed by atoms with Crippen LogP contribution in [0.2, 0.25) is 0 Å². The predicted octanol–water partition coefficient (Wildman–Crippen LogP) is 1.53. The van der Waals surface area contributed by atoms with Crippen LogP contribution in [0.5, 0.6) is 0 Å². The highest BCUT2D eigenvalue weighted by molar-refractivity contribution is 5.98. The molecule has 9 nitrogen and oxygen atoms in total. The summed E-state index contributed by atoms with van der Waals surface area (Å²) in [5.74, 6) is -0.693. The molecule has 1 aromatic heterocycles. The second kappa shape index (κ2) is 10.5. The zero-order valence-corrected chi connectivity index (χ0v) is 17.3. The maximum absolute atomic E-state index is 12.7. The zero-order chi connectivity index (χ0) is 22.2. The fourth-order valence-corrected chi connectivity index (χ4v) is 3.38. The van der Waals surface area contributed by atoms with Crippen LogP contribution in [-0.4, -0.2) is 72.3 Å². The Morgan fingerprint density at radius 2 is 1.97 bits per heavy atom. The fourth-order valence-electron chi connectivity index (χ4n) is 3.38. The minimum Gasteiger partial charge on any atom is -0.465 e. The number of ether oxygens (including phenoxy) is 1. The molecular formula is C22H26N4O5. The van der Waals surface area contributed by atoms with Crippen molar-refractivity contribution >= 4 is 17.9 Å². The number of morpholine rings is 1. The molecule has 2 aromatic rings. The van der Waals surface area contributed by atoms with Crippen LogP contribution in [-0.2, 0) is 11.2 Å². The molecule has 0 bridgehead atoms. The number of aromatic nitrogens is 1. The Morgan fingerprint density at radius 3 is 2.68 bits per heavy atom. The van der Waals surface area contributed by atoms with Crippen LogP contribution in [0.25, 0.3) is 0 Å². The SMILES string of the molecule is CNC(=O)c1cc(C(=O)NCCC2CN(C(=O)O)CCO2)cc(Cc2ccccc2)n1. The molecule has 164 valence electrons. The summed E-state index contributed by atoms with van der Waals surface area (Å²) >= 11 is 0. The Kier molecular flexibility index (Phi) is 7.55. The average molecular weight is 426 g/mol. The van der Waals surface area contributed by atoms with Crippen molar-refractivity contribution in [2.75, 3.05) is 33.3 Å². The molecular weight excluding hydrogens is 400 g/mol. The van der Waals surface area contributed by atoms with Gasteiger partial charge in [-0.2, -0.15) is 0 Å². The van der Waals surface area contributed by atoms with Gasteiger partial charge in [0.1, 0.15) is 5.69 Å². The Balaban J connectivity index is 1.65. The summed E-state index contributed by atoms with van der Waals surface area (Å²) in [4.78, 5) is 41.6. The Morgan fingerprint density at radius 1 is 1.19 bits per heavy atom. The summed E-state index contributed by atoms with van der Waals surface area (Å²) in [5, 5.41) is 14.5. The van der Waals surface area contributed by atoms with Crippen LogP contribution in [0, 0.1) is 0 Å². The molecule has 1 fully saturated rings. The molecule has 3 rings (SSSR count). The molecule has 31 heavy (non-hydrogen) atoms. The number of carbonyl (C=O) groups excluding carboxylic acids is 2. The van der Waals surface area contributed by atoms with Gasteiger partial charge in [-0.15, -0.1) is 0 Å². The van der Waals surface area contributed by atoms with E-state index in [0.29, 0.717) is 43.8 Å². The van der Waals surface area contributed by atoms with Crippen molar-refractivity contribution in [1.82, 2.24) is 20.5 Å². The van der Waals surface area contributed by atoms with Crippen molar-refractivity contribution in [3.63, 3.8) is 0 Å². The van der Waals surface area contributed by atoms with Gasteiger partial charge in [-0.25, -0.2) is 9.78 Å². The highest BCUT2D eigenvalue weighted by Crippen LogP contribution is 2.13. The van der Waals surface area contributed by atoms with Gasteiger partial charge >= 0.3 is 6.09 Å². The molecule has 1 aliphatic rings. The normalized spacial score (nSPS) is 15.9. The molecule has 0 radical (unpaired) electrons. The first-order chi connectivity index (χ1) is 15.0. The monoisotopic (exact) mass is 426 g/mol. The van der Waals surface area contributed by atoms with Gasteiger partial charge in [-0.1, -0.05) is 30.3 Å². The molecule has 1 unspecified atom stereocenters. The second-order valence-electron chi connectivity index (χ2n) is 7.24. The summed E-state index contributed by atoms with van der Waals surface area (Å²) < 4.78 is 5.58. The number of hydrogen-bond acceptors (Lipinski definition) is 5. The van der Waals surface area contributed by atoms with E-state index in [1.54, 1.807) is 6.07 Å². The van der Waals surface area contributed by atoms with Gasteiger partial charge in [0.15, 0.2) is 0 Å². The van der Waals surface area contributed by atoms with E-state index in [2.05, 4.69) is 15.6 Å². The number of carbonyl (C=O) groups is 3. The Hall–Kier alpha value is -3.46. The number of rotatable bonds is 7. The lowest BCUT2D eigenvalue weighted by Crippen LogP contribution is -2.46. The van der Waals surface area contributed by atoms with Crippen molar-refractivity contribution in [2.24, 2.45) is 0 Å². The first-order valence-corrected chi connectivity index (χ1v) is 10.1. The lowest BCUT2D eigenvalue weighted by molar-refractivity contribution is -0.0247. The smallest absolute Gasteiger partial charge is 0.407 e. The summed E-state index contributed by atoms with van der Waals surface area (Å²) in [6.45, 7) is 1.29. The summed E-state index contributed by atoms with van der Waals surface area (Å²) in [5.41, 5.74) is 2.16. The van der Waals surface area contributed by atoms with Crippen LogP contribution in [0.1, 0.15) is 38.5 Å². The Labute approximate surface area is 180 Å². The lowest BCUT2D eigenvalue weighted by atomic mass is 10.1. The topological polar surface area (TPSA) is 121 Å². The van der Waals surface area contributed by atoms with E-state index in [-0.39, 0.29) is 30.2 Å². The molecule has 1 aliphatic heterocycles. The third-order valence-electron chi connectivity index (χ3n) is 4.99. The molecule has 0 aliphatic carbocycles. The van der Waals surface area contributed by atoms with Gasteiger partial charge in [-0.3, -0.25) is 9.59 Å². The maximum Gasteiger partial charge on any atom is 0.407 e. The highest BCUT2D eigenvalue weighted by atomic mass is 16.5. The molecule has 1 atom stereocenters. The van der Waals surface area contributed by atoms with E-state index < -0.39 is 6.09 Å². The van der Waals surface area contributed by atoms with Gasteiger partial charge < -0.3 is 25.4 Å². The van der Waals surface area contributed by atoms with E-state index in [1.807, 2.05) is 30.3 Å². The van der Waals surface area contributed by atoms with Crippen molar-refractivity contribution in [3.05, 3.63) is 65.0 Å². The zero-order valence-electron chi connectivity index (χ0n) is 17.3. The number of nitrogens with one attached hydrogen (secondary N) is 2. The van der Waals surface area contributed by atoms with Crippen molar-refractivity contribution in [1.29, 1.82) is 0 Å². The Bertz CT molecular complexity index is 935. The molecule has 0 spiro atoms. The van der Waals surface area contributed by atoms with Crippen LogP contribution in [0.3, 0.4) is 0 Å². The van der Waals surface area contributed by atoms with Gasteiger partial charge in [0, 0.05) is 37.8 Å². The van der Waals surface area contributed by atoms with Crippen molar-refractivity contribution < 1.29 is 24.2 Å². The minimum atomic E-state index is -0.971. The van der Waals surface area contributed by atoms with Gasteiger partial charge in [0.05, 0.1) is 19.3 Å². The fraction of sp³-hybridized carbons (Fsp3) is 0.364. The molecule has 1 saturated heterocycles. The quantitative estimate of drug-likeness (QED) is 0.618. The van der Waals surface area contributed by atoms with Gasteiger partial charge in [0.2, 0.25) is 0 Å². The van der Waals surface area contributed by atoms with Crippen LogP contribution in [0.4, 0.5) is 4.79 Å². The van der Waals surface area contributed by atoms with Crippen LogP contribution in [0.15, 0.2) is 42.5 Å². The molecule has 9 heteroatoms. The first kappa shape index (κ1) is 22.2. The summed E-state index contributed by atoms with van der Waals surface area (Å²) in [6, 6.07) is 12.8. The van der Waals surface area contributed by atoms with E-state index in [4.69, 9.17) is 9.84 Å². The number of amides is 3. The molecule has 1 aromatic carbocycles.